The van der Waals surface area contributed by atoms with Gasteiger partial charge in [0.1, 0.15) is 0 Å². The molecule has 0 aromatic heterocycles. The Morgan fingerprint density at radius 2 is 1.86 bits per heavy atom. The third kappa shape index (κ3) is 5.10. The van der Waals surface area contributed by atoms with E-state index in [4.69, 9.17) is 0 Å². The maximum atomic E-state index is 9.77. The first-order valence-electron chi connectivity index (χ1n) is 8.26. The van der Waals surface area contributed by atoms with Crippen LogP contribution >= 0.6 is 0 Å². The van der Waals surface area contributed by atoms with Crippen molar-refractivity contribution >= 4 is 0 Å². The van der Waals surface area contributed by atoms with E-state index >= 15 is 0 Å². The normalized spacial score (nSPS) is 19.0. The number of nitrogens with one attached hydrogen (secondary N) is 1. The highest BCUT2D eigenvalue weighted by atomic mass is 16.3. The molecule has 1 saturated heterocycles. The van der Waals surface area contributed by atoms with Crippen LogP contribution in [0.15, 0.2) is 30.3 Å². The molecule has 0 amide bonds. The van der Waals surface area contributed by atoms with Gasteiger partial charge in [-0.05, 0) is 50.4 Å². The topological polar surface area (TPSA) is 35.5 Å². The number of hydrogen-bond acceptors (Lipinski definition) is 3. The third-order valence-corrected chi connectivity index (χ3v) is 4.56. The van der Waals surface area contributed by atoms with Crippen molar-refractivity contribution in [3.63, 3.8) is 0 Å². The molecule has 1 heterocycles. The van der Waals surface area contributed by atoms with Gasteiger partial charge in [-0.25, -0.2) is 0 Å². The maximum absolute atomic E-state index is 9.77. The Balaban J connectivity index is 1.76. The zero-order valence-electron chi connectivity index (χ0n) is 13.5. The number of nitrogens with zero attached hydrogens (tertiary/aromatic N) is 1. The zero-order chi connectivity index (χ0) is 15.1. The molecule has 118 valence electrons. The molecule has 1 aliphatic heterocycles. The Bertz CT molecular complexity index is 397. The number of aliphatic hydroxyl groups is 1. The van der Waals surface area contributed by atoms with Crippen LogP contribution in [0, 0.1) is 5.92 Å². The summed E-state index contributed by atoms with van der Waals surface area (Å²) in [6.07, 6.45) is 3.21. The van der Waals surface area contributed by atoms with Crippen LogP contribution in [0.3, 0.4) is 0 Å². The second kappa shape index (κ2) is 7.92. The van der Waals surface area contributed by atoms with Gasteiger partial charge in [-0.1, -0.05) is 44.2 Å². The molecule has 0 aliphatic carbocycles. The van der Waals surface area contributed by atoms with E-state index in [9.17, 15) is 5.11 Å². The summed E-state index contributed by atoms with van der Waals surface area (Å²) in [6.45, 7) is 8.96. The first-order valence-corrected chi connectivity index (χ1v) is 8.26. The summed E-state index contributed by atoms with van der Waals surface area (Å²) in [4.78, 5) is 2.53. The van der Waals surface area contributed by atoms with Crippen LogP contribution in [0.1, 0.15) is 32.3 Å². The lowest BCUT2D eigenvalue weighted by molar-refractivity contribution is 0.0769. The number of aliphatic hydroxyl groups excluding tert-OH is 1. The van der Waals surface area contributed by atoms with E-state index in [2.05, 4.69) is 54.4 Å². The Labute approximate surface area is 129 Å². The first-order chi connectivity index (χ1) is 10.1. The molecule has 0 bridgehead atoms. The van der Waals surface area contributed by atoms with Crippen LogP contribution < -0.4 is 5.32 Å². The van der Waals surface area contributed by atoms with Gasteiger partial charge in [0.25, 0.3) is 0 Å². The minimum Gasteiger partial charge on any atom is -0.394 e. The van der Waals surface area contributed by atoms with Crippen LogP contribution in [-0.4, -0.2) is 48.3 Å². The highest BCUT2D eigenvalue weighted by Gasteiger charge is 2.33. The van der Waals surface area contributed by atoms with Crippen LogP contribution in [0.2, 0.25) is 0 Å². The van der Waals surface area contributed by atoms with Crippen LogP contribution in [-0.2, 0) is 6.42 Å². The second-order valence-corrected chi connectivity index (χ2v) is 6.79. The second-order valence-electron chi connectivity index (χ2n) is 6.79. The van der Waals surface area contributed by atoms with E-state index in [1.54, 1.807) is 0 Å². The summed E-state index contributed by atoms with van der Waals surface area (Å²) in [5.41, 5.74) is 1.36. The van der Waals surface area contributed by atoms with Crippen LogP contribution in [0.25, 0.3) is 0 Å². The molecule has 0 unspecified atom stereocenters. The van der Waals surface area contributed by atoms with Crippen molar-refractivity contribution in [3.8, 4) is 0 Å². The predicted octanol–water partition coefficient (Wildman–Crippen LogP) is 2.30. The van der Waals surface area contributed by atoms with E-state index in [1.165, 1.54) is 5.56 Å². The quantitative estimate of drug-likeness (QED) is 0.809. The molecule has 0 radical (unpaired) electrons. The Morgan fingerprint density at radius 1 is 1.19 bits per heavy atom. The highest BCUT2D eigenvalue weighted by molar-refractivity contribution is 5.14. The highest BCUT2D eigenvalue weighted by Crippen LogP contribution is 2.22. The minimum absolute atomic E-state index is 0.0481. The fourth-order valence-electron chi connectivity index (χ4n) is 2.95. The van der Waals surface area contributed by atoms with Crippen LogP contribution in [0.4, 0.5) is 0 Å². The van der Waals surface area contributed by atoms with E-state index < -0.39 is 0 Å². The summed E-state index contributed by atoms with van der Waals surface area (Å²) in [5.74, 6) is 0.629. The van der Waals surface area contributed by atoms with Crippen LogP contribution in [0.5, 0.6) is 0 Å². The van der Waals surface area contributed by atoms with E-state index in [-0.39, 0.29) is 12.1 Å². The molecule has 0 atom stereocenters. The SMILES string of the molecule is CC(C)CNC1(CO)CCN(CCc2ccccc2)CC1. The van der Waals surface area contributed by atoms with Gasteiger partial charge in [-0.15, -0.1) is 0 Å². The average molecular weight is 290 g/mol. The lowest BCUT2D eigenvalue weighted by atomic mass is 9.87. The molecule has 0 spiro atoms. The molecule has 2 rings (SSSR count). The van der Waals surface area contributed by atoms with E-state index in [0.29, 0.717) is 5.92 Å². The average Bonchev–Trinajstić information content (AvgIpc) is 2.53. The van der Waals surface area contributed by atoms with Crippen molar-refractivity contribution in [1.82, 2.24) is 10.2 Å². The lowest BCUT2D eigenvalue weighted by Crippen LogP contribution is -2.56. The molecule has 3 heteroatoms. The van der Waals surface area contributed by atoms with Gasteiger partial charge in [0.15, 0.2) is 0 Å². The Kier molecular flexibility index (Phi) is 6.22. The van der Waals surface area contributed by atoms with Gasteiger partial charge in [0.05, 0.1) is 6.61 Å². The molecule has 1 fully saturated rings. The number of piperidine rings is 1. The molecule has 2 N–H and O–H groups in total. The van der Waals surface area contributed by atoms with Crippen molar-refractivity contribution in [2.75, 3.05) is 32.8 Å². The van der Waals surface area contributed by atoms with Crippen molar-refractivity contribution in [1.29, 1.82) is 0 Å². The number of benzene rings is 1. The van der Waals surface area contributed by atoms with Gasteiger partial charge >= 0.3 is 0 Å². The summed E-state index contributed by atoms with van der Waals surface area (Å²) >= 11 is 0. The molecule has 1 aliphatic rings. The lowest BCUT2D eigenvalue weighted by Gasteiger charge is -2.42. The van der Waals surface area contributed by atoms with Crippen molar-refractivity contribution < 1.29 is 5.11 Å². The summed E-state index contributed by atoms with van der Waals surface area (Å²) in [6, 6.07) is 10.7. The fraction of sp³-hybridized carbons (Fsp3) is 0.667. The fourth-order valence-corrected chi connectivity index (χ4v) is 2.95. The monoisotopic (exact) mass is 290 g/mol. The summed E-state index contributed by atoms with van der Waals surface area (Å²) in [5, 5.41) is 13.4. The first kappa shape index (κ1) is 16.5. The zero-order valence-corrected chi connectivity index (χ0v) is 13.5. The number of rotatable bonds is 7. The molecular weight excluding hydrogens is 260 g/mol. The van der Waals surface area contributed by atoms with Crippen molar-refractivity contribution in [2.45, 2.75) is 38.6 Å². The molecular formula is C18H30N2O. The number of likely N-dealkylation sites (tertiary alicyclic amines) is 1. The predicted molar refractivity (Wildman–Crippen MR) is 88.5 cm³/mol. The van der Waals surface area contributed by atoms with Gasteiger partial charge < -0.3 is 15.3 Å². The molecule has 3 nitrogen and oxygen atoms in total. The third-order valence-electron chi connectivity index (χ3n) is 4.56. The molecule has 0 saturated carbocycles. The Hall–Kier alpha value is -0.900. The standard InChI is InChI=1S/C18H30N2O/c1-16(2)14-19-18(15-21)9-12-20(13-10-18)11-8-17-6-4-3-5-7-17/h3-7,16,19,21H,8-15H2,1-2H3. The maximum Gasteiger partial charge on any atom is 0.0614 e. The minimum atomic E-state index is -0.0481. The summed E-state index contributed by atoms with van der Waals surface area (Å²) < 4.78 is 0. The van der Waals surface area contributed by atoms with Crippen molar-refractivity contribution in [2.24, 2.45) is 5.92 Å². The van der Waals surface area contributed by atoms with Gasteiger partial charge in [0, 0.05) is 12.1 Å². The number of hydrogen-bond donors (Lipinski definition) is 2. The van der Waals surface area contributed by atoms with Crippen molar-refractivity contribution in [3.05, 3.63) is 35.9 Å². The smallest absolute Gasteiger partial charge is 0.0614 e. The van der Waals surface area contributed by atoms with E-state index in [1.807, 2.05) is 0 Å². The van der Waals surface area contributed by atoms with Gasteiger partial charge in [-0.3, -0.25) is 0 Å². The molecule has 1 aromatic carbocycles. The summed E-state index contributed by atoms with van der Waals surface area (Å²) in [7, 11) is 0. The van der Waals surface area contributed by atoms with E-state index in [0.717, 1.165) is 45.4 Å². The Morgan fingerprint density at radius 3 is 2.43 bits per heavy atom. The molecule has 1 aromatic rings. The molecule has 21 heavy (non-hydrogen) atoms. The largest absolute Gasteiger partial charge is 0.394 e. The van der Waals surface area contributed by atoms with Gasteiger partial charge in [-0.2, -0.15) is 0 Å². The van der Waals surface area contributed by atoms with Gasteiger partial charge in [0.2, 0.25) is 0 Å².